The van der Waals surface area contributed by atoms with Gasteiger partial charge in [-0.1, -0.05) is 18.2 Å². The van der Waals surface area contributed by atoms with Crippen molar-refractivity contribution in [1.82, 2.24) is 15.3 Å². The van der Waals surface area contributed by atoms with E-state index < -0.39 is 9.84 Å². The second-order valence-corrected chi connectivity index (χ2v) is 7.71. The van der Waals surface area contributed by atoms with E-state index in [9.17, 15) is 8.42 Å². The maximum absolute atomic E-state index is 12.9. The zero-order valence-electron chi connectivity index (χ0n) is 13.1. The first-order chi connectivity index (χ1) is 11.7. The zero-order chi connectivity index (χ0) is 16.6. The van der Waals surface area contributed by atoms with Crippen molar-refractivity contribution >= 4 is 15.5 Å². The van der Waals surface area contributed by atoms with Gasteiger partial charge in [0, 0.05) is 44.1 Å². The van der Waals surface area contributed by atoms with Gasteiger partial charge in [0.15, 0.2) is 0 Å². The van der Waals surface area contributed by atoms with Gasteiger partial charge in [0.05, 0.1) is 10.6 Å². The lowest BCUT2D eigenvalue weighted by Crippen LogP contribution is -2.43. The number of fused-ring (bicyclic) bond motifs is 1. The summed E-state index contributed by atoms with van der Waals surface area (Å²) >= 11 is 0. The molecule has 6 nitrogen and oxygen atoms in total. The van der Waals surface area contributed by atoms with E-state index in [0.29, 0.717) is 11.4 Å². The molecule has 0 radical (unpaired) electrons. The summed E-state index contributed by atoms with van der Waals surface area (Å²) in [5.41, 5.74) is 1.62. The van der Waals surface area contributed by atoms with Crippen LogP contribution in [0.3, 0.4) is 0 Å². The van der Waals surface area contributed by atoms with Crippen molar-refractivity contribution in [1.29, 1.82) is 0 Å². The monoisotopic (exact) mass is 342 g/mol. The summed E-state index contributed by atoms with van der Waals surface area (Å²) in [6.07, 6.45) is 3.32. The van der Waals surface area contributed by atoms with Crippen LogP contribution in [0.4, 0.5) is 5.69 Å². The van der Waals surface area contributed by atoms with Crippen LogP contribution in [0.1, 0.15) is 0 Å². The van der Waals surface area contributed by atoms with Gasteiger partial charge in [-0.15, -0.1) is 0 Å². The molecule has 0 aliphatic carbocycles. The Morgan fingerprint density at radius 2 is 1.83 bits per heavy atom. The number of pyridine rings is 1. The SMILES string of the molecule is O=S(=O)(c1ccccc1)c1cnc2[nH]cc(N3CCNCC3)cc1-2. The second kappa shape index (κ2) is 5.92. The van der Waals surface area contributed by atoms with Crippen molar-refractivity contribution in [3.63, 3.8) is 0 Å². The Bertz CT molecular complexity index is 915. The van der Waals surface area contributed by atoms with Crippen molar-refractivity contribution in [3.05, 3.63) is 48.8 Å². The van der Waals surface area contributed by atoms with Crippen molar-refractivity contribution in [3.8, 4) is 11.4 Å². The summed E-state index contributed by atoms with van der Waals surface area (Å²) in [6, 6.07) is 10.4. The fourth-order valence-corrected chi connectivity index (χ4v) is 4.42. The maximum atomic E-state index is 12.9. The molecule has 3 aliphatic rings. The molecule has 24 heavy (non-hydrogen) atoms. The predicted octanol–water partition coefficient (Wildman–Crippen LogP) is 1.76. The van der Waals surface area contributed by atoms with E-state index in [-0.39, 0.29) is 9.79 Å². The molecule has 1 aromatic carbocycles. The van der Waals surface area contributed by atoms with Crippen LogP contribution in [-0.4, -0.2) is 44.6 Å². The summed E-state index contributed by atoms with van der Waals surface area (Å²) in [6.45, 7) is 3.64. The Balaban J connectivity index is 1.79. The van der Waals surface area contributed by atoms with E-state index in [0.717, 1.165) is 31.9 Å². The highest BCUT2D eigenvalue weighted by atomic mass is 32.2. The van der Waals surface area contributed by atoms with Gasteiger partial charge in [-0.25, -0.2) is 13.4 Å². The summed E-state index contributed by atoms with van der Waals surface area (Å²) in [5, 5.41) is 3.31. The molecule has 3 heterocycles. The highest BCUT2D eigenvalue weighted by molar-refractivity contribution is 7.91. The lowest BCUT2D eigenvalue weighted by Gasteiger charge is -2.29. The maximum Gasteiger partial charge on any atom is 0.208 e. The molecular formula is C17H18N4O2S. The van der Waals surface area contributed by atoms with E-state index in [1.165, 1.54) is 6.20 Å². The van der Waals surface area contributed by atoms with Gasteiger partial charge >= 0.3 is 0 Å². The molecule has 3 aliphatic heterocycles. The molecule has 0 atom stereocenters. The van der Waals surface area contributed by atoms with E-state index >= 15 is 0 Å². The van der Waals surface area contributed by atoms with Crippen LogP contribution in [0.15, 0.2) is 58.6 Å². The minimum atomic E-state index is -3.58. The molecule has 2 N–H and O–H groups in total. The minimum absolute atomic E-state index is 0.247. The Kier molecular flexibility index (Phi) is 3.74. The van der Waals surface area contributed by atoms with Gasteiger partial charge < -0.3 is 15.2 Å². The number of H-pyrrole nitrogens is 1. The third-order valence-electron chi connectivity index (χ3n) is 4.31. The molecule has 0 bridgehead atoms. The highest BCUT2D eigenvalue weighted by Crippen LogP contribution is 2.34. The van der Waals surface area contributed by atoms with Crippen LogP contribution < -0.4 is 10.2 Å². The Morgan fingerprint density at radius 1 is 1.08 bits per heavy atom. The number of nitrogens with zero attached hydrogens (tertiary/aromatic N) is 2. The van der Waals surface area contributed by atoms with Gasteiger partial charge in [0.25, 0.3) is 0 Å². The number of hydrogen-bond acceptors (Lipinski definition) is 5. The lowest BCUT2D eigenvalue weighted by atomic mass is 10.2. The number of rotatable bonds is 3. The van der Waals surface area contributed by atoms with Crippen molar-refractivity contribution < 1.29 is 8.42 Å². The molecule has 7 heteroatoms. The fraction of sp³-hybridized carbons (Fsp3) is 0.235. The normalized spacial score (nSPS) is 15.8. The van der Waals surface area contributed by atoms with Crippen LogP contribution in [0.25, 0.3) is 11.4 Å². The van der Waals surface area contributed by atoms with E-state index in [4.69, 9.17) is 0 Å². The first-order valence-corrected chi connectivity index (χ1v) is 9.37. The molecule has 0 aromatic heterocycles. The number of benzene rings is 1. The Morgan fingerprint density at radius 3 is 2.58 bits per heavy atom. The van der Waals surface area contributed by atoms with Gasteiger partial charge in [-0.2, -0.15) is 0 Å². The zero-order valence-corrected chi connectivity index (χ0v) is 13.9. The summed E-state index contributed by atoms with van der Waals surface area (Å²) in [7, 11) is -3.58. The molecule has 0 spiro atoms. The third kappa shape index (κ3) is 2.55. The van der Waals surface area contributed by atoms with Gasteiger partial charge in [-0.05, 0) is 18.2 Å². The lowest BCUT2D eigenvalue weighted by molar-refractivity contribution is 0.588. The minimum Gasteiger partial charge on any atom is -0.368 e. The van der Waals surface area contributed by atoms with Crippen LogP contribution >= 0.6 is 0 Å². The molecule has 1 fully saturated rings. The number of nitrogens with one attached hydrogen (secondary N) is 2. The topological polar surface area (TPSA) is 78.1 Å². The van der Waals surface area contributed by atoms with Crippen molar-refractivity contribution in [2.45, 2.75) is 9.79 Å². The summed E-state index contributed by atoms with van der Waals surface area (Å²) in [4.78, 5) is 10.1. The van der Waals surface area contributed by atoms with Crippen molar-refractivity contribution in [2.24, 2.45) is 0 Å². The molecule has 1 aromatic rings. The van der Waals surface area contributed by atoms with Gasteiger partial charge in [0.2, 0.25) is 9.84 Å². The fourth-order valence-electron chi connectivity index (χ4n) is 3.01. The Labute approximate surface area is 140 Å². The molecule has 1 saturated heterocycles. The van der Waals surface area contributed by atoms with Crippen LogP contribution in [0.5, 0.6) is 0 Å². The van der Waals surface area contributed by atoms with Crippen molar-refractivity contribution in [2.75, 3.05) is 31.1 Å². The number of aromatic nitrogens is 2. The van der Waals surface area contributed by atoms with E-state index in [2.05, 4.69) is 20.2 Å². The molecule has 124 valence electrons. The average molecular weight is 342 g/mol. The summed E-state index contributed by atoms with van der Waals surface area (Å²) < 4.78 is 25.8. The van der Waals surface area contributed by atoms with Gasteiger partial charge in [0.1, 0.15) is 10.7 Å². The van der Waals surface area contributed by atoms with Gasteiger partial charge in [-0.3, -0.25) is 0 Å². The van der Waals surface area contributed by atoms with Crippen LogP contribution in [-0.2, 0) is 9.84 Å². The standard InChI is InChI=1S/C17H18N4O2S/c22-24(23,14-4-2-1-3-5-14)16-12-20-17-15(16)10-13(11-19-17)21-8-6-18-7-9-21/h1-5,10-12,18H,6-9H2,(H,19,20). The predicted molar refractivity (Wildman–Crippen MR) is 92.2 cm³/mol. The van der Waals surface area contributed by atoms with Crippen LogP contribution in [0.2, 0.25) is 0 Å². The number of hydrogen-bond donors (Lipinski definition) is 2. The molecule has 0 amide bonds. The highest BCUT2D eigenvalue weighted by Gasteiger charge is 2.26. The third-order valence-corrected chi connectivity index (χ3v) is 6.10. The molecule has 0 saturated carbocycles. The number of aromatic amines is 1. The Hall–Kier alpha value is -2.38. The number of piperazine rings is 1. The first kappa shape index (κ1) is 15.2. The van der Waals surface area contributed by atoms with E-state index in [1.807, 2.05) is 12.3 Å². The van der Waals surface area contributed by atoms with E-state index in [1.54, 1.807) is 30.3 Å². The average Bonchev–Trinajstić information content (AvgIpc) is 3.07. The number of sulfone groups is 1. The quantitative estimate of drug-likeness (QED) is 0.758. The smallest absolute Gasteiger partial charge is 0.208 e. The van der Waals surface area contributed by atoms with Crippen LogP contribution in [0, 0.1) is 0 Å². The second-order valence-electron chi connectivity index (χ2n) is 5.80. The molecular weight excluding hydrogens is 324 g/mol. The number of anilines is 1. The summed E-state index contributed by atoms with van der Waals surface area (Å²) in [5.74, 6) is 0.586. The molecule has 4 rings (SSSR count). The largest absolute Gasteiger partial charge is 0.368 e. The first-order valence-electron chi connectivity index (χ1n) is 7.89. The molecule has 0 unspecified atom stereocenters.